The molecule has 2 aromatic carbocycles. The molecule has 0 bridgehead atoms. The number of ether oxygens (including phenoxy) is 2. The van der Waals surface area contributed by atoms with Crippen LogP contribution in [0.4, 0.5) is 28.9 Å². The Morgan fingerprint density at radius 2 is 1.91 bits per heavy atom. The van der Waals surface area contributed by atoms with Gasteiger partial charge in [0, 0.05) is 37.6 Å². The van der Waals surface area contributed by atoms with Gasteiger partial charge in [0.15, 0.2) is 0 Å². The van der Waals surface area contributed by atoms with Crippen molar-refractivity contribution >= 4 is 45.2 Å². The van der Waals surface area contributed by atoms with Crippen LogP contribution in [0.25, 0.3) is 10.1 Å². The van der Waals surface area contributed by atoms with Crippen molar-refractivity contribution in [3.8, 4) is 17.6 Å². The van der Waals surface area contributed by atoms with Gasteiger partial charge in [0.2, 0.25) is 0 Å². The number of hydrogen-bond acceptors (Lipinski definition) is 7. The highest BCUT2D eigenvalue weighted by molar-refractivity contribution is 7.70. The van der Waals surface area contributed by atoms with E-state index in [0.717, 1.165) is 19.4 Å². The van der Waals surface area contributed by atoms with E-state index in [-0.39, 0.29) is 12.1 Å². The molecule has 3 heterocycles. The van der Waals surface area contributed by atoms with Crippen molar-refractivity contribution in [3.05, 3.63) is 46.8 Å². The standard InChI is InChI=1S/C32H38F4N3O3PS/c1-41-29-18-22(43(2,3)40)9-10-27(29)37-14-5-8-30-24(19-32(34,35)36)23-6-4-7-28(31(23)44-30)38-26-11-15-39(20-25(26)33)21-12-16-42-17-13-21/h4,6-7,9-10,18,21,25-26,37-38H,11-17,19-20H2,1-3H3/t25-,26+/m0/s1. The fourth-order valence-electron chi connectivity index (χ4n) is 5.86. The van der Waals surface area contributed by atoms with Crippen LogP contribution in [0.15, 0.2) is 36.4 Å². The summed E-state index contributed by atoms with van der Waals surface area (Å²) in [4.78, 5) is 2.54. The van der Waals surface area contributed by atoms with Crippen molar-refractivity contribution in [2.45, 2.75) is 50.1 Å². The van der Waals surface area contributed by atoms with E-state index in [4.69, 9.17) is 9.47 Å². The molecule has 0 unspecified atom stereocenters. The van der Waals surface area contributed by atoms with E-state index in [1.165, 1.54) is 18.4 Å². The minimum atomic E-state index is -4.42. The molecular formula is C32H38F4N3O3PS. The zero-order valence-electron chi connectivity index (χ0n) is 25.1. The number of likely N-dealkylation sites (tertiary alicyclic amines) is 1. The maximum Gasteiger partial charge on any atom is 0.393 e. The molecule has 3 aromatic rings. The van der Waals surface area contributed by atoms with E-state index >= 15 is 4.39 Å². The summed E-state index contributed by atoms with van der Waals surface area (Å²) < 4.78 is 80.4. The quantitative estimate of drug-likeness (QED) is 0.160. The molecule has 238 valence electrons. The number of alkyl halides is 4. The van der Waals surface area contributed by atoms with E-state index < -0.39 is 32.0 Å². The molecule has 1 aromatic heterocycles. The van der Waals surface area contributed by atoms with Gasteiger partial charge in [-0.1, -0.05) is 24.0 Å². The van der Waals surface area contributed by atoms with Crippen LogP contribution >= 0.6 is 18.5 Å². The van der Waals surface area contributed by atoms with Crippen LogP contribution in [0.2, 0.25) is 0 Å². The predicted molar refractivity (Wildman–Crippen MR) is 171 cm³/mol. The van der Waals surface area contributed by atoms with Gasteiger partial charge in [0.1, 0.15) is 19.1 Å². The number of hydrogen-bond donors (Lipinski definition) is 2. The monoisotopic (exact) mass is 651 g/mol. The van der Waals surface area contributed by atoms with Crippen molar-refractivity contribution < 1.29 is 31.6 Å². The van der Waals surface area contributed by atoms with Gasteiger partial charge in [-0.05, 0) is 67.8 Å². The maximum absolute atomic E-state index is 15.4. The third kappa shape index (κ3) is 7.89. The summed E-state index contributed by atoms with van der Waals surface area (Å²) in [6.07, 6.45) is -4.21. The molecule has 0 aliphatic carbocycles. The minimum absolute atomic E-state index is 0.128. The largest absolute Gasteiger partial charge is 0.495 e. The highest BCUT2D eigenvalue weighted by atomic mass is 32.1. The van der Waals surface area contributed by atoms with Crippen molar-refractivity contribution in [2.24, 2.45) is 0 Å². The molecule has 0 saturated carbocycles. The van der Waals surface area contributed by atoms with E-state index in [1.807, 2.05) is 0 Å². The fraction of sp³-hybridized carbons (Fsp3) is 0.500. The van der Waals surface area contributed by atoms with Crippen molar-refractivity contribution in [1.82, 2.24) is 4.90 Å². The van der Waals surface area contributed by atoms with Crippen LogP contribution in [0.3, 0.4) is 0 Å². The Balaban J connectivity index is 1.34. The van der Waals surface area contributed by atoms with Crippen molar-refractivity contribution in [2.75, 3.05) is 63.9 Å². The molecule has 0 amide bonds. The molecule has 2 fully saturated rings. The average Bonchev–Trinajstić information content (AvgIpc) is 3.32. The van der Waals surface area contributed by atoms with Gasteiger partial charge in [-0.2, -0.15) is 13.2 Å². The van der Waals surface area contributed by atoms with E-state index in [1.54, 1.807) is 49.7 Å². The number of anilines is 2. The van der Waals surface area contributed by atoms with Crippen LogP contribution in [-0.2, 0) is 15.7 Å². The number of nitrogens with one attached hydrogen (secondary N) is 2. The van der Waals surface area contributed by atoms with Gasteiger partial charge in [0.25, 0.3) is 0 Å². The summed E-state index contributed by atoms with van der Waals surface area (Å²) in [5.41, 5.74) is 1.40. The number of thiophene rings is 1. The van der Waals surface area contributed by atoms with E-state index in [2.05, 4.69) is 27.4 Å². The Morgan fingerprint density at radius 3 is 2.59 bits per heavy atom. The second-order valence-electron chi connectivity index (χ2n) is 11.7. The topological polar surface area (TPSA) is 62.8 Å². The van der Waals surface area contributed by atoms with E-state index in [0.29, 0.717) is 69.6 Å². The molecule has 2 N–H and O–H groups in total. The molecule has 5 rings (SSSR count). The van der Waals surface area contributed by atoms with E-state index in [9.17, 15) is 17.7 Å². The zero-order chi connectivity index (χ0) is 31.5. The van der Waals surface area contributed by atoms with Crippen molar-refractivity contribution in [1.29, 1.82) is 0 Å². The third-order valence-electron chi connectivity index (χ3n) is 8.19. The van der Waals surface area contributed by atoms with Gasteiger partial charge in [0.05, 0.1) is 47.1 Å². The zero-order valence-corrected chi connectivity index (χ0v) is 26.8. The second kappa shape index (κ2) is 13.7. The fourth-order valence-corrected chi connectivity index (χ4v) is 7.89. The Bertz CT molecular complexity index is 1570. The first kappa shape index (κ1) is 32.6. The number of rotatable bonds is 8. The third-order valence-corrected chi connectivity index (χ3v) is 10.9. The van der Waals surface area contributed by atoms with Gasteiger partial charge in [-0.25, -0.2) is 4.39 Å². The Hall–Kier alpha value is -2.77. The normalized spacial score (nSPS) is 20.2. The lowest BCUT2D eigenvalue weighted by Crippen LogP contribution is -2.52. The number of benzene rings is 2. The number of methoxy groups -OCH3 is 1. The molecule has 2 saturated heterocycles. The smallest absolute Gasteiger partial charge is 0.393 e. The van der Waals surface area contributed by atoms with Gasteiger partial charge >= 0.3 is 6.18 Å². The predicted octanol–water partition coefficient (Wildman–Crippen LogP) is 6.73. The Labute approximate surface area is 259 Å². The van der Waals surface area contributed by atoms with Crippen LogP contribution < -0.4 is 20.7 Å². The van der Waals surface area contributed by atoms with Crippen molar-refractivity contribution in [3.63, 3.8) is 0 Å². The summed E-state index contributed by atoms with van der Waals surface area (Å²) in [5.74, 6) is 6.41. The maximum atomic E-state index is 15.4. The van der Waals surface area contributed by atoms with Crippen LogP contribution in [0.5, 0.6) is 5.75 Å². The van der Waals surface area contributed by atoms with Crippen LogP contribution in [-0.4, -0.2) is 82.6 Å². The Morgan fingerprint density at radius 1 is 1.14 bits per heavy atom. The van der Waals surface area contributed by atoms with Crippen LogP contribution in [0, 0.1) is 11.8 Å². The lowest BCUT2D eigenvalue weighted by atomic mass is 9.98. The summed E-state index contributed by atoms with van der Waals surface area (Å²) >= 11 is 1.20. The molecule has 6 nitrogen and oxygen atoms in total. The lowest BCUT2D eigenvalue weighted by molar-refractivity contribution is -0.126. The molecule has 2 aliphatic rings. The molecule has 12 heteroatoms. The summed E-state index contributed by atoms with van der Waals surface area (Å²) in [6.45, 7) is 6.00. The summed E-state index contributed by atoms with van der Waals surface area (Å²) in [7, 11) is -0.961. The number of nitrogens with zero attached hydrogens (tertiary/aromatic N) is 1. The average molecular weight is 652 g/mol. The SMILES string of the molecule is COc1cc(P(C)(C)=O)ccc1NCC#Cc1sc2c(N[C@@H]3CCN(C4CCOCC4)C[C@@H]3F)cccc2c1CC(F)(F)F. The number of halogens is 4. The second-order valence-corrected chi connectivity index (χ2v) is 15.9. The number of piperidine rings is 1. The molecular weight excluding hydrogens is 613 g/mol. The molecule has 0 radical (unpaired) electrons. The first-order valence-electron chi connectivity index (χ1n) is 14.7. The molecule has 2 aliphatic heterocycles. The minimum Gasteiger partial charge on any atom is -0.495 e. The van der Waals surface area contributed by atoms with Gasteiger partial charge in [-0.3, -0.25) is 4.90 Å². The van der Waals surface area contributed by atoms with Gasteiger partial charge < -0.3 is 24.7 Å². The first-order valence-corrected chi connectivity index (χ1v) is 18.1. The number of fused-ring (bicyclic) bond motifs is 1. The first-order chi connectivity index (χ1) is 20.9. The highest BCUT2D eigenvalue weighted by Crippen LogP contribution is 2.40. The lowest BCUT2D eigenvalue weighted by Gasteiger charge is -2.41. The molecule has 2 atom stereocenters. The van der Waals surface area contributed by atoms with Gasteiger partial charge in [-0.15, -0.1) is 11.3 Å². The summed E-state index contributed by atoms with van der Waals surface area (Å²) in [6, 6.07) is 10.3. The van der Waals surface area contributed by atoms with Crippen LogP contribution in [0.1, 0.15) is 29.7 Å². The Kier molecular flexibility index (Phi) is 10.2. The molecule has 44 heavy (non-hydrogen) atoms. The summed E-state index contributed by atoms with van der Waals surface area (Å²) in [5, 5.41) is 7.63. The molecule has 0 spiro atoms. The highest BCUT2D eigenvalue weighted by Gasteiger charge is 2.34.